The van der Waals surface area contributed by atoms with E-state index in [1.165, 1.54) is 4.90 Å². The number of carbonyl (C=O) groups excluding carboxylic acids is 2. The van der Waals surface area contributed by atoms with Gasteiger partial charge in [0.15, 0.2) is 0 Å². The Morgan fingerprint density at radius 2 is 1.56 bits per heavy atom. The van der Waals surface area contributed by atoms with Crippen molar-refractivity contribution in [3.8, 4) is 0 Å². The van der Waals surface area contributed by atoms with Gasteiger partial charge in [-0.25, -0.2) is 8.42 Å². The molecule has 0 aromatic heterocycles. The third-order valence-corrected chi connectivity index (χ3v) is 3.99. The molecule has 1 fully saturated rings. The SMILES string of the molecule is CC1C(=O)N(CCCS(C)(=O)=O)C(=O)C1C. The second-order valence-electron chi connectivity index (χ2n) is 4.39. The highest BCUT2D eigenvalue weighted by atomic mass is 32.2. The Bertz CT molecular complexity index is 381. The van der Waals surface area contributed by atoms with E-state index in [-0.39, 0.29) is 35.9 Å². The summed E-state index contributed by atoms with van der Waals surface area (Å²) in [5.74, 6) is -0.944. The van der Waals surface area contributed by atoms with E-state index in [1.54, 1.807) is 13.8 Å². The number of hydrogen-bond donors (Lipinski definition) is 0. The van der Waals surface area contributed by atoms with Crippen LogP contribution in [0.1, 0.15) is 20.3 Å². The molecule has 0 aromatic rings. The Hall–Kier alpha value is -0.910. The lowest BCUT2D eigenvalue weighted by atomic mass is 10.00. The molecule has 2 unspecified atom stereocenters. The molecule has 5 nitrogen and oxygen atoms in total. The highest BCUT2D eigenvalue weighted by molar-refractivity contribution is 7.90. The Kier molecular flexibility index (Phi) is 3.72. The standard InChI is InChI=1S/C10H17NO4S/c1-7-8(2)10(13)11(9(7)12)5-4-6-16(3,14)15/h7-8H,4-6H2,1-3H3. The number of likely N-dealkylation sites (tertiary alicyclic amines) is 1. The van der Waals surface area contributed by atoms with Crippen LogP contribution in [0, 0.1) is 11.8 Å². The molecular weight excluding hydrogens is 230 g/mol. The Balaban J connectivity index is 2.56. The first kappa shape index (κ1) is 13.2. The van der Waals surface area contributed by atoms with Crippen molar-refractivity contribution in [3.63, 3.8) is 0 Å². The maximum absolute atomic E-state index is 11.6. The minimum Gasteiger partial charge on any atom is -0.282 e. The van der Waals surface area contributed by atoms with Crippen LogP contribution >= 0.6 is 0 Å². The van der Waals surface area contributed by atoms with Crippen LogP contribution < -0.4 is 0 Å². The maximum atomic E-state index is 11.6. The van der Waals surface area contributed by atoms with Crippen molar-refractivity contribution in [3.05, 3.63) is 0 Å². The molecular formula is C10H17NO4S. The number of nitrogens with zero attached hydrogens (tertiary/aromatic N) is 1. The lowest BCUT2D eigenvalue weighted by Gasteiger charge is -2.13. The summed E-state index contributed by atoms with van der Waals surface area (Å²) < 4.78 is 21.8. The molecule has 0 aromatic carbocycles. The summed E-state index contributed by atoms with van der Waals surface area (Å²) in [4.78, 5) is 24.5. The third kappa shape index (κ3) is 2.81. The molecule has 16 heavy (non-hydrogen) atoms. The molecule has 0 aliphatic carbocycles. The molecule has 0 radical (unpaired) electrons. The molecule has 0 spiro atoms. The zero-order valence-electron chi connectivity index (χ0n) is 9.76. The van der Waals surface area contributed by atoms with Crippen molar-refractivity contribution >= 4 is 21.7 Å². The Labute approximate surface area is 95.7 Å². The average Bonchev–Trinajstić information content (AvgIpc) is 2.33. The van der Waals surface area contributed by atoms with Crippen molar-refractivity contribution < 1.29 is 18.0 Å². The van der Waals surface area contributed by atoms with E-state index in [4.69, 9.17) is 0 Å². The summed E-state index contributed by atoms with van der Waals surface area (Å²) >= 11 is 0. The summed E-state index contributed by atoms with van der Waals surface area (Å²) in [5, 5.41) is 0. The predicted molar refractivity (Wildman–Crippen MR) is 59.4 cm³/mol. The molecule has 1 heterocycles. The molecule has 6 heteroatoms. The number of amides is 2. The summed E-state index contributed by atoms with van der Waals surface area (Å²) in [6.45, 7) is 3.66. The highest BCUT2D eigenvalue weighted by Gasteiger charge is 2.41. The largest absolute Gasteiger partial charge is 0.282 e. The molecule has 1 aliphatic rings. The van der Waals surface area contributed by atoms with Gasteiger partial charge in [0.2, 0.25) is 11.8 Å². The van der Waals surface area contributed by atoms with E-state index < -0.39 is 9.84 Å². The van der Waals surface area contributed by atoms with Gasteiger partial charge in [0.1, 0.15) is 9.84 Å². The van der Waals surface area contributed by atoms with E-state index in [0.29, 0.717) is 6.42 Å². The minimum atomic E-state index is -3.03. The predicted octanol–water partition coefficient (Wildman–Crippen LogP) is 0.0621. The first-order valence-corrected chi connectivity index (χ1v) is 7.33. The number of sulfone groups is 1. The summed E-state index contributed by atoms with van der Waals surface area (Å²) in [6.07, 6.45) is 1.46. The second-order valence-corrected chi connectivity index (χ2v) is 6.65. The molecule has 1 aliphatic heterocycles. The van der Waals surface area contributed by atoms with E-state index in [1.807, 2.05) is 0 Å². The summed E-state index contributed by atoms with van der Waals surface area (Å²) in [6, 6.07) is 0. The molecule has 0 saturated carbocycles. The molecule has 1 rings (SSSR count). The summed E-state index contributed by atoms with van der Waals surface area (Å²) in [5.41, 5.74) is 0. The second kappa shape index (κ2) is 4.53. The minimum absolute atomic E-state index is 0.00677. The van der Waals surface area contributed by atoms with Crippen molar-refractivity contribution in [1.29, 1.82) is 0 Å². The van der Waals surface area contributed by atoms with E-state index in [0.717, 1.165) is 6.26 Å². The number of carbonyl (C=O) groups is 2. The molecule has 1 saturated heterocycles. The molecule has 0 bridgehead atoms. The monoisotopic (exact) mass is 247 g/mol. The first-order valence-electron chi connectivity index (χ1n) is 5.27. The highest BCUT2D eigenvalue weighted by Crippen LogP contribution is 2.25. The summed E-state index contributed by atoms with van der Waals surface area (Å²) in [7, 11) is -3.03. The molecule has 92 valence electrons. The van der Waals surface area contributed by atoms with Crippen molar-refractivity contribution in [2.45, 2.75) is 20.3 Å². The number of imide groups is 1. The van der Waals surface area contributed by atoms with Gasteiger partial charge >= 0.3 is 0 Å². The van der Waals surface area contributed by atoms with Crippen LogP contribution in [0.25, 0.3) is 0 Å². The van der Waals surface area contributed by atoms with Gasteiger partial charge < -0.3 is 0 Å². The lowest BCUT2D eigenvalue weighted by Crippen LogP contribution is -2.32. The van der Waals surface area contributed by atoms with Crippen LogP contribution in [-0.4, -0.2) is 43.7 Å². The van der Waals surface area contributed by atoms with Gasteiger partial charge in [0, 0.05) is 24.6 Å². The van der Waals surface area contributed by atoms with Gasteiger partial charge in [-0.3, -0.25) is 14.5 Å². The average molecular weight is 247 g/mol. The fourth-order valence-corrected chi connectivity index (χ4v) is 2.39. The van der Waals surface area contributed by atoms with Crippen LogP contribution in [0.3, 0.4) is 0 Å². The van der Waals surface area contributed by atoms with Gasteiger partial charge in [0.05, 0.1) is 5.75 Å². The van der Waals surface area contributed by atoms with Crippen LogP contribution in [0.5, 0.6) is 0 Å². The lowest BCUT2D eigenvalue weighted by molar-refractivity contribution is -0.139. The number of hydrogen-bond acceptors (Lipinski definition) is 4. The van der Waals surface area contributed by atoms with Gasteiger partial charge in [-0.2, -0.15) is 0 Å². The Morgan fingerprint density at radius 3 is 1.94 bits per heavy atom. The van der Waals surface area contributed by atoms with Crippen molar-refractivity contribution in [2.75, 3.05) is 18.6 Å². The first-order chi connectivity index (χ1) is 7.24. The van der Waals surface area contributed by atoms with Gasteiger partial charge in [-0.05, 0) is 6.42 Å². The van der Waals surface area contributed by atoms with E-state index in [2.05, 4.69) is 0 Å². The quantitative estimate of drug-likeness (QED) is 0.659. The van der Waals surface area contributed by atoms with E-state index >= 15 is 0 Å². The molecule has 2 amide bonds. The maximum Gasteiger partial charge on any atom is 0.232 e. The molecule has 2 atom stereocenters. The molecule has 0 N–H and O–H groups in total. The zero-order valence-corrected chi connectivity index (χ0v) is 10.6. The van der Waals surface area contributed by atoms with Crippen LogP contribution in [-0.2, 0) is 19.4 Å². The van der Waals surface area contributed by atoms with Crippen LogP contribution in [0.2, 0.25) is 0 Å². The fraction of sp³-hybridized carbons (Fsp3) is 0.800. The fourth-order valence-electron chi connectivity index (χ4n) is 1.73. The normalized spacial score (nSPS) is 26.6. The third-order valence-electron chi connectivity index (χ3n) is 2.96. The van der Waals surface area contributed by atoms with E-state index in [9.17, 15) is 18.0 Å². The van der Waals surface area contributed by atoms with Crippen LogP contribution in [0.4, 0.5) is 0 Å². The Morgan fingerprint density at radius 1 is 1.12 bits per heavy atom. The smallest absolute Gasteiger partial charge is 0.232 e. The van der Waals surface area contributed by atoms with Gasteiger partial charge in [-0.1, -0.05) is 13.8 Å². The van der Waals surface area contributed by atoms with Gasteiger partial charge in [-0.15, -0.1) is 0 Å². The zero-order chi connectivity index (χ0) is 12.5. The topological polar surface area (TPSA) is 71.5 Å². The van der Waals surface area contributed by atoms with Crippen LogP contribution in [0.15, 0.2) is 0 Å². The number of rotatable bonds is 4. The van der Waals surface area contributed by atoms with Gasteiger partial charge in [0.25, 0.3) is 0 Å². The van der Waals surface area contributed by atoms with Crippen molar-refractivity contribution in [2.24, 2.45) is 11.8 Å². The van der Waals surface area contributed by atoms with Crippen molar-refractivity contribution in [1.82, 2.24) is 4.90 Å².